The lowest BCUT2D eigenvalue weighted by Gasteiger charge is -2.24. The van der Waals surface area contributed by atoms with Gasteiger partial charge in [-0.2, -0.15) is 0 Å². The maximum Gasteiger partial charge on any atom is 0.220 e. The third-order valence-corrected chi connectivity index (χ3v) is 4.19. The van der Waals surface area contributed by atoms with Gasteiger partial charge in [0.1, 0.15) is 0 Å². The predicted molar refractivity (Wildman–Crippen MR) is 76.2 cm³/mol. The van der Waals surface area contributed by atoms with Crippen LogP contribution in [0.25, 0.3) is 0 Å². The summed E-state index contributed by atoms with van der Waals surface area (Å²) < 4.78 is 0. The van der Waals surface area contributed by atoms with E-state index in [2.05, 4.69) is 19.2 Å². The topological polar surface area (TPSA) is 55.1 Å². The van der Waals surface area contributed by atoms with Crippen molar-refractivity contribution in [2.24, 2.45) is 17.6 Å². The van der Waals surface area contributed by atoms with Crippen molar-refractivity contribution in [1.29, 1.82) is 0 Å². The average Bonchev–Trinajstić information content (AvgIpc) is 2.35. The molecule has 3 heteroatoms. The first kappa shape index (κ1) is 15.5. The highest BCUT2D eigenvalue weighted by Gasteiger charge is 2.18. The molecule has 0 radical (unpaired) electrons. The molecule has 1 amide bonds. The van der Waals surface area contributed by atoms with E-state index in [0.29, 0.717) is 24.3 Å². The van der Waals surface area contributed by atoms with Crippen molar-refractivity contribution in [2.45, 2.75) is 71.3 Å². The maximum atomic E-state index is 11.9. The van der Waals surface area contributed by atoms with Crippen molar-refractivity contribution < 1.29 is 4.79 Å². The number of carbonyl (C=O) groups is 1. The number of nitrogens with two attached hydrogens (primary N) is 1. The minimum absolute atomic E-state index is 0.240. The SMILES string of the molecule is CC(C)C(CCN)CCC(=O)NC1CCCCC1. The molecule has 1 atom stereocenters. The summed E-state index contributed by atoms with van der Waals surface area (Å²) in [5.41, 5.74) is 5.62. The van der Waals surface area contributed by atoms with Gasteiger partial charge < -0.3 is 11.1 Å². The zero-order valence-corrected chi connectivity index (χ0v) is 12.1. The van der Waals surface area contributed by atoms with Crippen LogP contribution in [0.15, 0.2) is 0 Å². The van der Waals surface area contributed by atoms with E-state index in [9.17, 15) is 4.79 Å². The van der Waals surface area contributed by atoms with Crippen LogP contribution in [0.3, 0.4) is 0 Å². The summed E-state index contributed by atoms with van der Waals surface area (Å²) in [7, 11) is 0. The molecule has 106 valence electrons. The van der Waals surface area contributed by atoms with Crippen molar-refractivity contribution in [3.63, 3.8) is 0 Å². The van der Waals surface area contributed by atoms with Gasteiger partial charge in [0.2, 0.25) is 5.91 Å². The Morgan fingerprint density at radius 3 is 2.44 bits per heavy atom. The largest absolute Gasteiger partial charge is 0.353 e. The van der Waals surface area contributed by atoms with Crippen LogP contribution >= 0.6 is 0 Å². The highest BCUT2D eigenvalue weighted by Crippen LogP contribution is 2.21. The standard InChI is InChI=1S/C15H30N2O/c1-12(2)13(10-11-16)8-9-15(18)17-14-6-4-3-5-7-14/h12-14H,3-11,16H2,1-2H3,(H,17,18). The van der Waals surface area contributed by atoms with Gasteiger partial charge in [0.05, 0.1) is 0 Å². The molecule has 0 saturated heterocycles. The fraction of sp³-hybridized carbons (Fsp3) is 0.933. The lowest BCUT2D eigenvalue weighted by atomic mass is 9.88. The second-order valence-corrected chi connectivity index (χ2v) is 6.02. The number of amides is 1. The summed E-state index contributed by atoms with van der Waals surface area (Å²) in [6.07, 6.45) is 8.89. The van der Waals surface area contributed by atoms with Gasteiger partial charge in [-0.1, -0.05) is 33.1 Å². The van der Waals surface area contributed by atoms with E-state index in [0.717, 1.165) is 19.4 Å². The van der Waals surface area contributed by atoms with Crippen molar-refractivity contribution >= 4 is 5.91 Å². The second kappa shape index (κ2) is 8.52. The maximum absolute atomic E-state index is 11.9. The quantitative estimate of drug-likeness (QED) is 0.734. The summed E-state index contributed by atoms with van der Waals surface area (Å²) in [6, 6.07) is 0.443. The highest BCUT2D eigenvalue weighted by molar-refractivity contribution is 5.76. The molecule has 0 aromatic carbocycles. The Balaban J connectivity index is 2.21. The highest BCUT2D eigenvalue weighted by atomic mass is 16.1. The lowest BCUT2D eigenvalue weighted by molar-refractivity contribution is -0.122. The molecule has 3 nitrogen and oxygen atoms in total. The second-order valence-electron chi connectivity index (χ2n) is 6.02. The molecule has 0 bridgehead atoms. The summed E-state index contributed by atoms with van der Waals surface area (Å²) in [5, 5.41) is 3.19. The number of rotatable bonds is 7. The van der Waals surface area contributed by atoms with Crippen molar-refractivity contribution in [1.82, 2.24) is 5.32 Å². The van der Waals surface area contributed by atoms with Crippen molar-refractivity contribution in [3.8, 4) is 0 Å². The number of hydrogen-bond acceptors (Lipinski definition) is 2. The molecule has 18 heavy (non-hydrogen) atoms. The number of nitrogens with one attached hydrogen (secondary N) is 1. The van der Waals surface area contributed by atoms with Gasteiger partial charge in [0.15, 0.2) is 0 Å². The van der Waals surface area contributed by atoms with Crippen LogP contribution in [0.4, 0.5) is 0 Å². The summed E-state index contributed by atoms with van der Waals surface area (Å²) in [6.45, 7) is 5.17. The van der Waals surface area contributed by atoms with Gasteiger partial charge in [-0.15, -0.1) is 0 Å². The van der Waals surface area contributed by atoms with Gasteiger partial charge in [-0.25, -0.2) is 0 Å². The van der Waals surface area contributed by atoms with Gasteiger partial charge >= 0.3 is 0 Å². The van der Waals surface area contributed by atoms with E-state index in [1.54, 1.807) is 0 Å². The van der Waals surface area contributed by atoms with E-state index >= 15 is 0 Å². The molecule has 3 N–H and O–H groups in total. The Hall–Kier alpha value is -0.570. The Kier molecular flexibility index (Phi) is 7.33. The molecule has 0 aromatic heterocycles. The van der Waals surface area contributed by atoms with Crippen molar-refractivity contribution in [3.05, 3.63) is 0 Å². The van der Waals surface area contributed by atoms with Crippen LogP contribution in [0.2, 0.25) is 0 Å². The van der Waals surface area contributed by atoms with E-state index in [4.69, 9.17) is 5.73 Å². The zero-order chi connectivity index (χ0) is 13.4. The Morgan fingerprint density at radius 2 is 1.89 bits per heavy atom. The van der Waals surface area contributed by atoms with E-state index in [-0.39, 0.29) is 5.91 Å². The van der Waals surface area contributed by atoms with E-state index in [1.807, 2.05) is 0 Å². The predicted octanol–water partition coefficient (Wildman–Crippen LogP) is 2.84. The zero-order valence-electron chi connectivity index (χ0n) is 12.1. The van der Waals surface area contributed by atoms with Crippen LogP contribution in [-0.4, -0.2) is 18.5 Å². The van der Waals surface area contributed by atoms with Gasteiger partial charge in [0, 0.05) is 12.5 Å². The molecule has 1 aliphatic rings. The first-order valence-electron chi connectivity index (χ1n) is 7.63. The molecule has 0 heterocycles. The molecular formula is C15H30N2O. The normalized spacial score (nSPS) is 18.9. The molecule has 1 fully saturated rings. The first-order valence-corrected chi connectivity index (χ1v) is 7.63. The molecule has 0 aromatic rings. The molecule has 1 aliphatic carbocycles. The van der Waals surface area contributed by atoms with Crippen LogP contribution in [0.1, 0.15) is 65.2 Å². The van der Waals surface area contributed by atoms with Crippen LogP contribution in [0.5, 0.6) is 0 Å². The fourth-order valence-corrected chi connectivity index (χ4v) is 2.89. The van der Waals surface area contributed by atoms with Gasteiger partial charge in [-0.3, -0.25) is 4.79 Å². The summed E-state index contributed by atoms with van der Waals surface area (Å²) in [5.74, 6) is 1.45. The number of hydrogen-bond donors (Lipinski definition) is 2. The molecule has 0 spiro atoms. The minimum atomic E-state index is 0.240. The molecule has 1 rings (SSSR count). The lowest BCUT2D eigenvalue weighted by Crippen LogP contribution is -2.36. The van der Waals surface area contributed by atoms with Crippen LogP contribution in [0, 0.1) is 11.8 Å². The monoisotopic (exact) mass is 254 g/mol. The molecular weight excluding hydrogens is 224 g/mol. The van der Waals surface area contributed by atoms with Gasteiger partial charge in [0.25, 0.3) is 0 Å². The fourth-order valence-electron chi connectivity index (χ4n) is 2.89. The minimum Gasteiger partial charge on any atom is -0.353 e. The summed E-state index contributed by atoms with van der Waals surface area (Å²) in [4.78, 5) is 11.9. The van der Waals surface area contributed by atoms with Crippen LogP contribution < -0.4 is 11.1 Å². The van der Waals surface area contributed by atoms with E-state index in [1.165, 1.54) is 32.1 Å². The Labute approximate surface area is 112 Å². The summed E-state index contributed by atoms with van der Waals surface area (Å²) >= 11 is 0. The average molecular weight is 254 g/mol. The molecule has 1 saturated carbocycles. The third kappa shape index (κ3) is 5.85. The smallest absolute Gasteiger partial charge is 0.220 e. The number of carbonyl (C=O) groups excluding carboxylic acids is 1. The van der Waals surface area contributed by atoms with E-state index < -0.39 is 0 Å². The first-order chi connectivity index (χ1) is 8.63. The third-order valence-electron chi connectivity index (χ3n) is 4.19. The molecule has 0 aliphatic heterocycles. The van der Waals surface area contributed by atoms with Gasteiger partial charge in [-0.05, 0) is 44.1 Å². The Morgan fingerprint density at radius 1 is 1.22 bits per heavy atom. The Bertz CT molecular complexity index is 235. The van der Waals surface area contributed by atoms with Crippen molar-refractivity contribution in [2.75, 3.05) is 6.54 Å². The molecule has 1 unspecified atom stereocenters. The van der Waals surface area contributed by atoms with Crippen LogP contribution in [-0.2, 0) is 4.79 Å².